The number of hydrogen-bond donors (Lipinski definition) is 1. The van der Waals surface area contributed by atoms with Gasteiger partial charge in [0.05, 0.1) is 4.90 Å². The van der Waals surface area contributed by atoms with Gasteiger partial charge < -0.3 is 4.90 Å². The van der Waals surface area contributed by atoms with Crippen LogP contribution in [0.2, 0.25) is 0 Å². The zero-order valence-corrected chi connectivity index (χ0v) is 15.6. The van der Waals surface area contributed by atoms with Crippen LogP contribution in [0.4, 0.5) is 0 Å². The van der Waals surface area contributed by atoms with Gasteiger partial charge in [0.15, 0.2) is 0 Å². The van der Waals surface area contributed by atoms with Crippen LogP contribution in [0.3, 0.4) is 0 Å². The molecular weight excluding hydrogens is 324 g/mol. The molecule has 1 aliphatic heterocycles. The summed E-state index contributed by atoms with van der Waals surface area (Å²) in [5.74, 6) is 0.242. The summed E-state index contributed by atoms with van der Waals surface area (Å²) in [5, 5.41) is 0. The van der Waals surface area contributed by atoms with Crippen LogP contribution < -0.4 is 4.72 Å². The van der Waals surface area contributed by atoms with E-state index < -0.39 is 10.0 Å². The average molecular weight is 353 g/mol. The van der Waals surface area contributed by atoms with Crippen LogP contribution in [-0.2, 0) is 10.0 Å². The van der Waals surface area contributed by atoms with Gasteiger partial charge in [-0.2, -0.15) is 0 Å². The molecule has 1 atom stereocenters. The summed E-state index contributed by atoms with van der Waals surface area (Å²) in [5.41, 5.74) is 0.554. The van der Waals surface area contributed by atoms with Gasteiger partial charge >= 0.3 is 0 Å². The van der Waals surface area contributed by atoms with E-state index in [1.165, 1.54) is 18.6 Å². The van der Waals surface area contributed by atoms with Crippen molar-refractivity contribution in [2.24, 2.45) is 5.92 Å². The molecule has 0 spiro atoms. The molecule has 6 heteroatoms. The van der Waals surface area contributed by atoms with Gasteiger partial charge in [-0.1, -0.05) is 20.8 Å². The van der Waals surface area contributed by atoms with Crippen molar-refractivity contribution in [2.45, 2.75) is 57.4 Å². The Morgan fingerprint density at radius 3 is 2.50 bits per heavy atom. The fraction of sp³-hybridized carbons (Fsp3) is 0.611. The number of nitrogens with one attached hydrogen (secondary N) is 1. The summed E-state index contributed by atoms with van der Waals surface area (Å²) in [7, 11) is -3.51. The molecule has 0 aromatic heterocycles. The highest BCUT2D eigenvalue weighted by Crippen LogP contribution is 2.22. The maximum Gasteiger partial charge on any atom is 0.254 e. The fourth-order valence-corrected chi connectivity index (χ4v) is 4.21. The SMILES string of the molecule is CCC1CCCCN1C(=O)c1ccc(S(=O)(=O)NCC(C)C)cc1. The molecule has 1 aromatic carbocycles. The van der Waals surface area contributed by atoms with Crippen molar-refractivity contribution in [2.75, 3.05) is 13.1 Å². The van der Waals surface area contributed by atoms with Crippen molar-refractivity contribution in [3.8, 4) is 0 Å². The lowest BCUT2D eigenvalue weighted by Crippen LogP contribution is -2.43. The third kappa shape index (κ3) is 4.57. The highest BCUT2D eigenvalue weighted by Gasteiger charge is 2.26. The third-order valence-electron chi connectivity index (χ3n) is 4.45. The van der Waals surface area contributed by atoms with Crippen LogP contribution >= 0.6 is 0 Å². The molecule has 5 nitrogen and oxygen atoms in total. The van der Waals surface area contributed by atoms with E-state index in [1.54, 1.807) is 12.1 Å². The number of likely N-dealkylation sites (tertiary alicyclic amines) is 1. The van der Waals surface area contributed by atoms with Crippen LogP contribution in [-0.4, -0.2) is 38.4 Å². The first-order valence-corrected chi connectivity index (χ1v) is 10.2. The number of nitrogens with zero attached hydrogens (tertiary/aromatic N) is 1. The lowest BCUT2D eigenvalue weighted by Gasteiger charge is -2.35. The van der Waals surface area contributed by atoms with Crippen molar-refractivity contribution in [3.05, 3.63) is 29.8 Å². The van der Waals surface area contributed by atoms with E-state index in [1.807, 2.05) is 18.7 Å². The Kier molecular flexibility index (Phi) is 6.40. The van der Waals surface area contributed by atoms with E-state index in [2.05, 4.69) is 11.6 Å². The Morgan fingerprint density at radius 2 is 1.92 bits per heavy atom. The van der Waals surface area contributed by atoms with Crippen molar-refractivity contribution in [3.63, 3.8) is 0 Å². The van der Waals surface area contributed by atoms with E-state index in [9.17, 15) is 13.2 Å². The molecular formula is C18H28N2O3S. The number of piperidine rings is 1. The lowest BCUT2D eigenvalue weighted by atomic mass is 9.99. The molecule has 0 aliphatic carbocycles. The van der Waals surface area contributed by atoms with Crippen molar-refractivity contribution in [1.82, 2.24) is 9.62 Å². The van der Waals surface area contributed by atoms with Crippen molar-refractivity contribution in [1.29, 1.82) is 0 Å². The number of carbonyl (C=O) groups is 1. The second-order valence-corrected chi connectivity index (χ2v) is 8.59. The molecule has 1 fully saturated rings. The van der Waals surface area contributed by atoms with E-state index in [4.69, 9.17) is 0 Å². The van der Waals surface area contributed by atoms with Crippen LogP contribution in [0.5, 0.6) is 0 Å². The number of hydrogen-bond acceptors (Lipinski definition) is 3. The van der Waals surface area contributed by atoms with Crippen LogP contribution in [0.1, 0.15) is 56.8 Å². The van der Waals surface area contributed by atoms with E-state index >= 15 is 0 Å². The van der Waals surface area contributed by atoms with Gasteiger partial charge in [-0.25, -0.2) is 13.1 Å². The molecule has 1 unspecified atom stereocenters. The number of benzene rings is 1. The molecule has 24 heavy (non-hydrogen) atoms. The fourth-order valence-electron chi connectivity index (χ4n) is 2.99. The number of carbonyl (C=O) groups excluding carboxylic acids is 1. The molecule has 1 heterocycles. The largest absolute Gasteiger partial charge is 0.336 e. The predicted molar refractivity (Wildman–Crippen MR) is 95.4 cm³/mol. The Labute approximate surface area is 145 Å². The normalized spacial score (nSPS) is 18.8. The summed E-state index contributed by atoms with van der Waals surface area (Å²) in [4.78, 5) is 14.8. The first kappa shape index (κ1) is 18.9. The van der Waals surface area contributed by atoms with Gasteiger partial charge in [-0.15, -0.1) is 0 Å². The topological polar surface area (TPSA) is 66.5 Å². The zero-order chi connectivity index (χ0) is 17.7. The van der Waals surface area contributed by atoms with E-state index in [0.717, 1.165) is 25.8 Å². The smallest absolute Gasteiger partial charge is 0.254 e. The minimum atomic E-state index is -3.51. The minimum absolute atomic E-state index is 0.000590. The first-order chi connectivity index (χ1) is 11.3. The molecule has 1 aliphatic rings. The van der Waals surface area contributed by atoms with Gasteiger partial charge in [-0.3, -0.25) is 4.79 Å². The summed E-state index contributed by atoms with van der Waals surface area (Å²) < 4.78 is 27.0. The molecule has 2 rings (SSSR count). The highest BCUT2D eigenvalue weighted by molar-refractivity contribution is 7.89. The van der Waals surface area contributed by atoms with E-state index in [-0.39, 0.29) is 16.7 Å². The second-order valence-electron chi connectivity index (χ2n) is 6.83. The van der Waals surface area contributed by atoms with Crippen LogP contribution in [0.25, 0.3) is 0 Å². The molecule has 1 amide bonds. The second kappa shape index (κ2) is 8.12. The number of sulfonamides is 1. The molecule has 134 valence electrons. The summed E-state index contributed by atoms with van der Waals surface area (Å²) >= 11 is 0. The Balaban J connectivity index is 2.12. The van der Waals surface area contributed by atoms with Gasteiger partial charge in [0.1, 0.15) is 0 Å². The lowest BCUT2D eigenvalue weighted by molar-refractivity contribution is 0.0608. The third-order valence-corrected chi connectivity index (χ3v) is 5.89. The molecule has 0 saturated carbocycles. The maximum absolute atomic E-state index is 12.7. The maximum atomic E-state index is 12.7. The Morgan fingerprint density at radius 1 is 1.25 bits per heavy atom. The highest BCUT2D eigenvalue weighted by atomic mass is 32.2. The Hall–Kier alpha value is -1.40. The predicted octanol–water partition coefficient (Wildman–Crippen LogP) is 3.03. The number of rotatable bonds is 6. The number of amides is 1. The minimum Gasteiger partial charge on any atom is -0.336 e. The van der Waals surface area contributed by atoms with Gasteiger partial charge in [0.2, 0.25) is 10.0 Å². The van der Waals surface area contributed by atoms with Crippen LogP contribution in [0.15, 0.2) is 29.2 Å². The van der Waals surface area contributed by atoms with Gasteiger partial charge in [0.25, 0.3) is 5.91 Å². The van der Waals surface area contributed by atoms with E-state index in [0.29, 0.717) is 18.2 Å². The summed E-state index contributed by atoms with van der Waals surface area (Å²) in [6.45, 7) is 7.19. The van der Waals surface area contributed by atoms with Crippen molar-refractivity contribution >= 4 is 15.9 Å². The van der Waals surface area contributed by atoms with Gasteiger partial charge in [0, 0.05) is 24.7 Å². The first-order valence-electron chi connectivity index (χ1n) is 8.76. The zero-order valence-electron chi connectivity index (χ0n) is 14.8. The molecule has 1 aromatic rings. The average Bonchev–Trinajstić information content (AvgIpc) is 2.59. The van der Waals surface area contributed by atoms with Crippen molar-refractivity contribution < 1.29 is 13.2 Å². The molecule has 0 bridgehead atoms. The monoisotopic (exact) mass is 352 g/mol. The van der Waals surface area contributed by atoms with Crippen LogP contribution in [0, 0.1) is 5.92 Å². The summed E-state index contributed by atoms with van der Waals surface area (Å²) in [6.07, 6.45) is 4.21. The molecule has 0 radical (unpaired) electrons. The molecule has 1 N–H and O–H groups in total. The summed E-state index contributed by atoms with van der Waals surface area (Å²) in [6, 6.07) is 6.56. The van der Waals surface area contributed by atoms with Gasteiger partial charge in [-0.05, 0) is 55.9 Å². The molecule has 1 saturated heterocycles. The Bertz CT molecular complexity index is 653. The quantitative estimate of drug-likeness (QED) is 0.856. The standard InChI is InChI=1S/C18H28N2O3S/c1-4-16-7-5-6-12-20(16)18(21)15-8-10-17(11-9-15)24(22,23)19-13-14(2)3/h8-11,14,16,19H,4-7,12-13H2,1-3H3.